The number of hydrogen-bond donors (Lipinski definition) is 2. The highest BCUT2D eigenvalue weighted by Gasteiger charge is 2.16. The Morgan fingerprint density at radius 3 is 2.76 bits per heavy atom. The number of rotatable bonds is 6. The predicted octanol–water partition coefficient (Wildman–Crippen LogP) is 2.65. The second-order valence-electron chi connectivity index (χ2n) is 4.11. The number of benzene rings is 1. The minimum Gasteiger partial charge on any atom is -0.481 e. The Labute approximate surface area is 101 Å². The molecule has 1 aromatic rings. The van der Waals surface area contributed by atoms with E-state index in [1.807, 2.05) is 6.92 Å². The predicted molar refractivity (Wildman–Crippen MR) is 64.4 cm³/mol. The number of aliphatic carboxylic acids is 1. The summed E-state index contributed by atoms with van der Waals surface area (Å²) in [6.45, 7) is 4.55. The molecule has 1 aromatic carbocycles. The molecule has 4 heteroatoms. The monoisotopic (exact) mass is 239 g/mol. The van der Waals surface area contributed by atoms with E-state index in [0.29, 0.717) is 0 Å². The fraction of sp³-hybridized carbons (Fsp3) is 0.462. The van der Waals surface area contributed by atoms with Crippen LogP contribution in [0.3, 0.4) is 0 Å². The van der Waals surface area contributed by atoms with Crippen molar-refractivity contribution in [1.29, 1.82) is 0 Å². The molecule has 0 amide bonds. The quantitative estimate of drug-likeness (QED) is 0.802. The molecule has 1 rings (SSSR count). The third-order valence-electron chi connectivity index (χ3n) is 2.63. The van der Waals surface area contributed by atoms with Gasteiger partial charge in [0.05, 0.1) is 6.42 Å². The first-order valence-corrected chi connectivity index (χ1v) is 5.75. The van der Waals surface area contributed by atoms with Gasteiger partial charge in [-0.3, -0.25) is 4.79 Å². The Bertz CT molecular complexity index is 393. The number of carboxylic acid groups (broad SMARTS) is 1. The van der Waals surface area contributed by atoms with E-state index in [4.69, 9.17) is 5.11 Å². The molecule has 0 spiro atoms. The minimum absolute atomic E-state index is 0.00642. The van der Waals surface area contributed by atoms with E-state index < -0.39 is 5.97 Å². The average molecular weight is 239 g/mol. The molecule has 0 aliphatic carbocycles. The molecule has 1 atom stereocenters. The number of hydrogen-bond acceptors (Lipinski definition) is 2. The molecule has 0 aromatic heterocycles. The molecule has 0 radical (unpaired) electrons. The molecule has 0 heterocycles. The van der Waals surface area contributed by atoms with Gasteiger partial charge in [-0.1, -0.05) is 13.0 Å². The maximum atomic E-state index is 13.0. The van der Waals surface area contributed by atoms with Crippen LogP contribution < -0.4 is 5.32 Å². The molecule has 0 aliphatic heterocycles. The van der Waals surface area contributed by atoms with Gasteiger partial charge in [0.25, 0.3) is 0 Å². The second-order valence-corrected chi connectivity index (χ2v) is 4.11. The van der Waals surface area contributed by atoms with Crippen molar-refractivity contribution in [2.75, 3.05) is 6.54 Å². The Hall–Kier alpha value is -1.42. The van der Waals surface area contributed by atoms with Crippen LogP contribution in [0.25, 0.3) is 0 Å². The molecular weight excluding hydrogens is 221 g/mol. The van der Waals surface area contributed by atoms with E-state index in [-0.39, 0.29) is 18.3 Å². The zero-order valence-corrected chi connectivity index (χ0v) is 10.2. The second kappa shape index (κ2) is 6.35. The summed E-state index contributed by atoms with van der Waals surface area (Å²) in [5.74, 6) is -1.15. The molecule has 0 aliphatic rings. The molecule has 94 valence electrons. The van der Waals surface area contributed by atoms with E-state index in [9.17, 15) is 9.18 Å². The van der Waals surface area contributed by atoms with Crippen molar-refractivity contribution in [3.8, 4) is 0 Å². The standard InChI is InChI=1S/C13H18FNO2/c1-3-6-15-12(8-13(16)17)11-5-4-10(14)7-9(11)2/h4-5,7,12,15H,3,6,8H2,1-2H3,(H,16,17). The van der Waals surface area contributed by atoms with Crippen molar-refractivity contribution in [3.05, 3.63) is 35.1 Å². The van der Waals surface area contributed by atoms with E-state index in [0.717, 1.165) is 24.1 Å². The van der Waals surface area contributed by atoms with Crippen molar-refractivity contribution in [2.45, 2.75) is 32.7 Å². The first-order valence-electron chi connectivity index (χ1n) is 5.75. The molecule has 3 nitrogen and oxygen atoms in total. The van der Waals surface area contributed by atoms with Crippen LogP contribution >= 0.6 is 0 Å². The van der Waals surface area contributed by atoms with Crippen LogP contribution in [0.15, 0.2) is 18.2 Å². The first kappa shape index (κ1) is 13.6. The van der Waals surface area contributed by atoms with Crippen molar-refractivity contribution in [3.63, 3.8) is 0 Å². The lowest BCUT2D eigenvalue weighted by Crippen LogP contribution is -2.25. The van der Waals surface area contributed by atoms with E-state index in [2.05, 4.69) is 5.32 Å². The maximum Gasteiger partial charge on any atom is 0.305 e. The van der Waals surface area contributed by atoms with E-state index in [1.165, 1.54) is 12.1 Å². The van der Waals surface area contributed by atoms with Gasteiger partial charge in [-0.05, 0) is 43.1 Å². The Morgan fingerprint density at radius 1 is 1.53 bits per heavy atom. The van der Waals surface area contributed by atoms with Crippen LogP contribution in [-0.4, -0.2) is 17.6 Å². The lowest BCUT2D eigenvalue weighted by Gasteiger charge is -2.19. The molecule has 0 saturated carbocycles. The van der Waals surface area contributed by atoms with Crippen LogP contribution in [-0.2, 0) is 4.79 Å². The topological polar surface area (TPSA) is 49.3 Å². The zero-order valence-electron chi connectivity index (χ0n) is 10.2. The van der Waals surface area contributed by atoms with Crippen LogP contribution in [0.2, 0.25) is 0 Å². The third kappa shape index (κ3) is 4.15. The molecule has 0 fully saturated rings. The minimum atomic E-state index is -0.859. The van der Waals surface area contributed by atoms with Gasteiger partial charge in [0.2, 0.25) is 0 Å². The van der Waals surface area contributed by atoms with Gasteiger partial charge in [-0.25, -0.2) is 4.39 Å². The number of halogens is 1. The summed E-state index contributed by atoms with van der Waals surface area (Å²) in [6.07, 6.45) is 0.933. The summed E-state index contributed by atoms with van der Waals surface area (Å²) in [5.41, 5.74) is 1.63. The summed E-state index contributed by atoms with van der Waals surface area (Å²) in [5, 5.41) is 12.1. The SMILES string of the molecule is CCCNC(CC(=O)O)c1ccc(F)cc1C. The molecule has 2 N–H and O–H groups in total. The highest BCUT2D eigenvalue weighted by atomic mass is 19.1. The first-order chi connectivity index (χ1) is 8.04. The summed E-state index contributed by atoms with van der Waals surface area (Å²) < 4.78 is 13.0. The van der Waals surface area contributed by atoms with Gasteiger partial charge < -0.3 is 10.4 Å². The van der Waals surface area contributed by atoms with Crippen molar-refractivity contribution in [2.24, 2.45) is 0 Å². The highest BCUT2D eigenvalue weighted by molar-refractivity contribution is 5.68. The van der Waals surface area contributed by atoms with Crippen molar-refractivity contribution < 1.29 is 14.3 Å². The van der Waals surface area contributed by atoms with Crippen molar-refractivity contribution in [1.82, 2.24) is 5.32 Å². The Kier molecular flexibility index (Phi) is 5.10. The summed E-state index contributed by atoms with van der Waals surface area (Å²) in [7, 11) is 0. The number of carbonyl (C=O) groups is 1. The van der Waals surface area contributed by atoms with Gasteiger partial charge >= 0.3 is 5.97 Å². The van der Waals surface area contributed by atoms with Gasteiger partial charge in [-0.15, -0.1) is 0 Å². The van der Waals surface area contributed by atoms with Gasteiger partial charge in [0, 0.05) is 6.04 Å². The Morgan fingerprint density at radius 2 is 2.24 bits per heavy atom. The van der Waals surface area contributed by atoms with Gasteiger partial charge in [0.1, 0.15) is 5.82 Å². The van der Waals surface area contributed by atoms with E-state index in [1.54, 1.807) is 13.0 Å². The third-order valence-corrected chi connectivity index (χ3v) is 2.63. The van der Waals surface area contributed by atoms with E-state index >= 15 is 0 Å². The van der Waals surface area contributed by atoms with Crippen LogP contribution in [0.1, 0.15) is 36.9 Å². The van der Waals surface area contributed by atoms with Crippen LogP contribution in [0.5, 0.6) is 0 Å². The average Bonchev–Trinajstić information content (AvgIpc) is 2.24. The molecule has 1 unspecified atom stereocenters. The van der Waals surface area contributed by atoms with Gasteiger partial charge in [-0.2, -0.15) is 0 Å². The fourth-order valence-corrected chi connectivity index (χ4v) is 1.82. The molecule has 17 heavy (non-hydrogen) atoms. The highest BCUT2D eigenvalue weighted by Crippen LogP contribution is 2.21. The Balaban J connectivity index is 2.90. The summed E-state index contributed by atoms with van der Waals surface area (Å²) >= 11 is 0. The van der Waals surface area contributed by atoms with Crippen molar-refractivity contribution >= 4 is 5.97 Å². The molecule has 0 saturated heterocycles. The number of aryl methyl sites for hydroxylation is 1. The smallest absolute Gasteiger partial charge is 0.305 e. The molecule has 0 bridgehead atoms. The number of carboxylic acids is 1. The largest absolute Gasteiger partial charge is 0.481 e. The fourth-order valence-electron chi connectivity index (χ4n) is 1.82. The summed E-state index contributed by atoms with van der Waals surface area (Å²) in [6, 6.07) is 4.19. The lowest BCUT2D eigenvalue weighted by molar-refractivity contribution is -0.137. The van der Waals surface area contributed by atoms with Gasteiger partial charge in [0.15, 0.2) is 0 Å². The zero-order chi connectivity index (χ0) is 12.8. The molecular formula is C13H18FNO2. The van der Waals surface area contributed by atoms with Crippen LogP contribution in [0.4, 0.5) is 4.39 Å². The maximum absolute atomic E-state index is 13.0. The normalized spacial score (nSPS) is 12.4. The summed E-state index contributed by atoms with van der Waals surface area (Å²) in [4.78, 5) is 10.8. The lowest BCUT2D eigenvalue weighted by atomic mass is 9.98. The van der Waals surface area contributed by atoms with Crippen LogP contribution in [0, 0.1) is 12.7 Å². The number of nitrogens with one attached hydrogen (secondary N) is 1.